The molecule has 0 saturated heterocycles. The smallest absolute Gasteiger partial charge is 0.270 e. The monoisotopic (exact) mass is 444 g/mol. The van der Waals surface area contributed by atoms with Gasteiger partial charge in [0.1, 0.15) is 11.4 Å². The van der Waals surface area contributed by atoms with Gasteiger partial charge in [-0.3, -0.25) is 4.79 Å². The molecule has 0 radical (unpaired) electrons. The lowest BCUT2D eigenvalue weighted by Crippen LogP contribution is -2.27. The van der Waals surface area contributed by atoms with Gasteiger partial charge in [-0.1, -0.05) is 18.2 Å². The van der Waals surface area contributed by atoms with E-state index in [-0.39, 0.29) is 5.91 Å². The molecule has 170 valence electrons. The number of carbonyl (C=O) groups is 1. The van der Waals surface area contributed by atoms with Crippen molar-refractivity contribution in [2.24, 2.45) is 7.05 Å². The summed E-state index contributed by atoms with van der Waals surface area (Å²) in [5, 5.41) is 7.79. The van der Waals surface area contributed by atoms with Crippen LogP contribution in [0, 0.1) is 6.92 Å². The second kappa shape index (κ2) is 9.65. The highest BCUT2D eigenvalue weighted by atomic mass is 16.5. The predicted molar refractivity (Wildman–Crippen MR) is 128 cm³/mol. The van der Waals surface area contributed by atoms with Crippen LogP contribution in [0.15, 0.2) is 66.9 Å². The highest BCUT2D eigenvalue weighted by Crippen LogP contribution is 2.27. The zero-order valence-electron chi connectivity index (χ0n) is 19.3. The van der Waals surface area contributed by atoms with E-state index in [1.165, 1.54) is 0 Å². The molecule has 2 aromatic carbocycles. The fourth-order valence-corrected chi connectivity index (χ4v) is 3.80. The van der Waals surface area contributed by atoms with Gasteiger partial charge in [-0.2, -0.15) is 5.10 Å². The minimum absolute atomic E-state index is 0.176. The maximum absolute atomic E-state index is 13.2. The Morgan fingerprint density at radius 3 is 2.52 bits per heavy atom. The Balaban J connectivity index is 1.56. The lowest BCUT2D eigenvalue weighted by atomic mass is 10.1. The summed E-state index contributed by atoms with van der Waals surface area (Å²) >= 11 is 0. The molecule has 4 aromatic rings. The van der Waals surface area contributed by atoms with Gasteiger partial charge in [0.15, 0.2) is 11.5 Å². The predicted octanol–water partition coefficient (Wildman–Crippen LogP) is 4.18. The van der Waals surface area contributed by atoms with Crippen molar-refractivity contribution < 1.29 is 14.3 Å². The van der Waals surface area contributed by atoms with Crippen LogP contribution in [-0.2, 0) is 13.5 Å². The number of methoxy groups -OCH3 is 2. The number of ether oxygens (including phenoxy) is 2. The van der Waals surface area contributed by atoms with Crippen molar-refractivity contribution >= 4 is 5.91 Å². The number of benzene rings is 2. The minimum Gasteiger partial charge on any atom is -0.493 e. The number of aromatic nitrogens is 3. The standard InChI is InChI=1S/C26H28N4O3/c1-18-7-5-8-20(15-18)30-23(17-21(28-30)22-9-6-14-29(22)2)26(31)27-13-12-19-10-11-24(32-3)25(16-19)33-4/h5-11,14-17H,12-13H2,1-4H3,(H,27,31). The minimum atomic E-state index is -0.176. The van der Waals surface area contributed by atoms with Crippen molar-refractivity contribution in [3.05, 3.63) is 83.7 Å². The van der Waals surface area contributed by atoms with Gasteiger partial charge in [-0.15, -0.1) is 0 Å². The molecule has 7 nitrogen and oxygen atoms in total. The number of aryl methyl sites for hydroxylation is 2. The molecule has 7 heteroatoms. The fourth-order valence-electron chi connectivity index (χ4n) is 3.80. The molecule has 0 bridgehead atoms. The molecule has 4 rings (SSSR count). The summed E-state index contributed by atoms with van der Waals surface area (Å²) in [6.07, 6.45) is 2.62. The molecule has 0 aliphatic rings. The summed E-state index contributed by atoms with van der Waals surface area (Å²) in [4.78, 5) is 13.2. The second-order valence-electron chi connectivity index (χ2n) is 7.87. The lowest BCUT2D eigenvalue weighted by molar-refractivity contribution is 0.0946. The van der Waals surface area contributed by atoms with Crippen LogP contribution < -0.4 is 14.8 Å². The van der Waals surface area contributed by atoms with Gasteiger partial charge in [0.05, 0.1) is 25.6 Å². The van der Waals surface area contributed by atoms with Crippen LogP contribution in [0.2, 0.25) is 0 Å². The summed E-state index contributed by atoms with van der Waals surface area (Å²) in [5.74, 6) is 1.18. The average molecular weight is 445 g/mol. The van der Waals surface area contributed by atoms with Gasteiger partial charge in [0.25, 0.3) is 5.91 Å². The molecule has 0 fully saturated rings. The number of hydrogen-bond donors (Lipinski definition) is 1. The molecule has 1 N–H and O–H groups in total. The first kappa shape index (κ1) is 22.2. The quantitative estimate of drug-likeness (QED) is 0.443. The molecule has 2 aromatic heterocycles. The lowest BCUT2D eigenvalue weighted by Gasteiger charge is -2.11. The molecule has 0 aliphatic heterocycles. The van der Waals surface area contributed by atoms with E-state index in [1.54, 1.807) is 18.9 Å². The summed E-state index contributed by atoms with van der Waals surface area (Å²) in [7, 11) is 5.18. The first-order valence-corrected chi connectivity index (χ1v) is 10.8. The van der Waals surface area contributed by atoms with E-state index >= 15 is 0 Å². The maximum atomic E-state index is 13.2. The molecular formula is C26H28N4O3. The van der Waals surface area contributed by atoms with Crippen LogP contribution in [-0.4, -0.2) is 41.0 Å². The number of amides is 1. The molecule has 2 heterocycles. The van der Waals surface area contributed by atoms with E-state index in [4.69, 9.17) is 14.6 Å². The fraction of sp³-hybridized carbons (Fsp3) is 0.231. The van der Waals surface area contributed by atoms with Crippen LogP contribution >= 0.6 is 0 Å². The van der Waals surface area contributed by atoms with Crippen LogP contribution in [0.4, 0.5) is 0 Å². The normalized spacial score (nSPS) is 10.8. The molecule has 33 heavy (non-hydrogen) atoms. The Kier molecular flexibility index (Phi) is 6.49. The van der Waals surface area contributed by atoms with Crippen molar-refractivity contribution in [1.82, 2.24) is 19.7 Å². The van der Waals surface area contributed by atoms with Crippen molar-refractivity contribution in [1.29, 1.82) is 0 Å². The Hall–Kier alpha value is -4.00. The van der Waals surface area contributed by atoms with E-state index in [9.17, 15) is 4.79 Å². The first-order chi connectivity index (χ1) is 16.0. The van der Waals surface area contributed by atoms with Crippen LogP contribution in [0.5, 0.6) is 11.5 Å². The molecular weight excluding hydrogens is 416 g/mol. The molecule has 0 unspecified atom stereocenters. The summed E-state index contributed by atoms with van der Waals surface area (Å²) in [5.41, 5.74) is 5.17. The van der Waals surface area contributed by atoms with E-state index < -0.39 is 0 Å². The highest BCUT2D eigenvalue weighted by Gasteiger charge is 2.18. The zero-order chi connectivity index (χ0) is 23.4. The number of carbonyl (C=O) groups excluding carboxylic acids is 1. The van der Waals surface area contributed by atoms with Gasteiger partial charge >= 0.3 is 0 Å². The van der Waals surface area contributed by atoms with Crippen molar-refractivity contribution in [2.75, 3.05) is 20.8 Å². The average Bonchev–Trinajstić information content (AvgIpc) is 3.45. The summed E-state index contributed by atoms with van der Waals surface area (Å²) < 4.78 is 14.4. The summed E-state index contributed by atoms with van der Waals surface area (Å²) in [6.45, 7) is 2.50. The van der Waals surface area contributed by atoms with Gasteiger partial charge in [0, 0.05) is 19.8 Å². The molecule has 0 aliphatic carbocycles. The van der Waals surface area contributed by atoms with Crippen molar-refractivity contribution in [2.45, 2.75) is 13.3 Å². The van der Waals surface area contributed by atoms with Gasteiger partial charge in [0.2, 0.25) is 0 Å². The van der Waals surface area contributed by atoms with E-state index in [2.05, 4.69) is 5.32 Å². The Morgan fingerprint density at radius 2 is 1.82 bits per heavy atom. The second-order valence-corrected chi connectivity index (χ2v) is 7.87. The van der Waals surface area contributed by atoms with Gasteiger partial charge < -0.3 is 19.4 Å². The third kappa shape index (κ3) is 4.77. The van der Waals surface area contributed by atoms with Crippen LogP contribution in [0.3, 0.4) is 0 Å². The Labute approximate surface area is 193 Å². The Morgan fingerprint density at radius 1 is 1.00 bits per heavy atom. The third-order valence-corrected chi connectivity index (χ3v) is 5.54. The van der Waals surface area contributed by atoms with Crippen molar-refractivity contribution in [3.63, 3.8) is 0 Å². The largest absolute Gasteiger partial charge is 0.493 e. The molecule has 0 atom stereocenters. The first-order valence-electron chi connectivity index (χ1n) is 10.8. The van der Waals surface area contributed by atoms with Gasteiger partial charge in [-0.05, 0) is 66.9 Å². The van der Waals surface area contributed by atoms with E-state index in [0.717, 1.165) is 28.2 Å². The highest BCUT2D eigenvalue weighted by molar-refractivity contribution is 5.94. The molecule has 0 spiro atoms. The van der Waals surface area contributed by atoms with Crippen molar-refractivity contribution in [3.8, 4) is 28.6 Å². The maximum Gasteiger partial charge on any atom is 0.270 e. The van der Waals surface area contributed by atoms with Crippen LogP contribution in [0.1, 0.15) is 21.6 Å². The third-order valence-electron chi connectivity index (χ3n) is 5.54. The SMILES string of the molecule is COc1ccc(CCNC(=O)c2cc(-c3cccn3C)nn2-c2cccc(C)c2)cc1OC. The number of hydrogen-bond acceptors (Lipinski definition) is 4. The summed E-state index contributed by atoms with van der Waals surface area (Å²) in [6, 6.07) is 19.5. The van der Waals surface area contributed by atoms with E-state index in [1.807, 2.05) is 85.4 Å². The van der Waals surface area contributed by atoms with Crippen LogP contribution in [0.25, 0.3) is 17.1 Å². The Bertz CT molecular complexity index is 1270. The number of nitrogens with one attached hydrogen (secondary N) is 1. The number of rotatable bonds is 8. The zero-order valence-corrected chi connectivity index (χ0v) is 19.3. The topological polar surface area (TPSA) is 70.3 Å². The molecule has 0 saturated carbocycles. The molecule has 1 amide bonds. The number of nitrogens with zero attached hydrogens (tertiary/aromatic N) is 3. The van der Waals surface area contributed by atoms with Gasteiger partial charge in [-0.25, -0.2) is 4.68 Å². The van der Waals surface area contributed by atoms with E-state index in [0.29, 0.717) is 30.2 Å².